The number of nitrogens with one attached hydrogen (secondary N) is 1. The number of carboxylic acid groups (broad SMARTS) is 1. The van der Waals surface area contributed by atoms with Crippen LogP contribution in [0.3, 0.4) is 0 Å². The zero-order valence-electron chi connectivity index (χ0n) is 11.0. The minimum atomic E-state index is -1.22. The van der Waals surface area contributed by atoms with Gasteiger partial charge in [-0.1, -0.05) is 0 Å². The fraction of sp³-hybridized carbons (Fsp3) is 0.385. The summed E-state index contributed by atoms with van der Waals surface area (Å²) in [7, 11) is 1.59. The van der Waals surface area contributed by atoms with Crippen LogP contribution in [0.15, 0.2) is 18.2 Å². The number of phenolic OH excluding ortho intramolecular Hbond substituents is 1. The number of likely N-dealkylation sites (tertiary alicyclic amines) is 1. The molecule has 108 valence electrons. The Labute approximate surface area is 115 Å². The third-order valence-corrected chi connectivity index (χ3v) is 3.24. The van der Waals surface area contributed by atoms with E-state index in [1.165, 1.54) is 12.1 Å². The normalized spacial score (nSPS) is 18.1. The van der Waals surface area contributed by atoms with Crippen LogP contribution in [0.4, 0.5) is 10.5 Å². The highest BCUT2D eigenvalue weighted by atomic mass is 16.5. The van der Waals surface area contributed by atoms with Crippen molar-refractivity contribution in [3.8, 4) is 5.75 Å². The number of phenols is 1. The number of methoxy groups -OCH3 is 1. The Balaban J connectivity index is 2.10. The molecule has 1 aliphatic heterocycles. The molecule has 0 spiro atoms. The minimum Gasteiger partial charge on any atom is -0.508 e. The van der Waals surface area contributed by atoms with Crippen LogP contribution in [0.25, 0.3) is 0 Å². The molecule has 20 heavy (non-hydrogen) atoms. The second-order valence-electron chi connectivity index (χ2n) is 4.56. The predicted octanol–water partition coefficient (Wildman–Crippen LogP) is 1.34. The van der Waals surface area contributed by atoms with Gasteiger partial charge in [0, 0.05) is 20.2 Å². The van der Waals surface area contributed by atoms with Gasteiger partial charge in [0.05, 0.1) is 17.4 Å². The number of benzene rings is 1. The van der Waals surface area contributed by atoms with Gasteiger partial charge in [0.2, 0.25) is 0 Å². The molecule has 0 aromatic heterocycles. The van der Waals surface area contributed by atoms with Gasteiger partial charge in [-0.15, -0.1) is 0 Å². The SMILES string of the molecule is COC1CCN(C(=O)Nc2ccc(O)cc2C(=O)O)C1. The van der Waals surface area contributed by atoms with Crippen molar-refractivity contribution in [2.24, 2.45) is 0 Å². The van der Waals surface area contributed by atoms with Gasteiger partial charge in [0.15, 0.2) is 0 Å². The number of aromatic carboxylic acids is 1. The molecule has 1 unspecified atom stereocenters. The number of rotatable bonds is 3. The van der Waals surface area contributed by atoms with E-state index in [9.17, 15) is 14.7 Å². The maximum Gasteiger partial charge on any atom is 0.337 e. The number of urea groups is 1. The van der Waals surface area contributed by atoms with E-state index < -0.39 is 5.97 Å². The Bertz CT molecular complexity index is 531. The van der Waals surface area contributed by atoms with Gasteiger partial charge in [0.1, 0.15) is 5.75 Å². The smallest absolute Gasteiger partial charge is 0.337 e. The Kier molecular flexibility index (Phi) is 4.09. The molecule has 1 atom stereocenters. The van der Waals surface area contributed by atoms with Crippen LogP contribution in [0.5, 0.6) is 5.75 Å². The van der Waals surface area contributed by atoms with Crippen molar-refractivity contribution >= 4 is 17.7 Å². The maximum atomic E-state index is 12.0. The number of nitrogens with zero attached hydrogens (tertiary/aromatic N) is 1. The van der Waals surface area contributed by atoms with E-state index in [0.717, 1.165) is 12.5 Å². The van der Waals surface area contributed by atoms with Crippen LogP contribution < -0.4 is 5.32 Å². The molecule has 7 heteroatoms. The fourth-order valence-electron chi connectivity index (χ4n) is 2.12. The summed E-state index contributed by atoms with van der Waals surface area (Å²) in [5, 5.41) is 20.9. The lowest BCUT2D eigenvalue weighted by atomic mass is 10.1. The van der Waals surface area contributed by atoms with Crippen molar-refractivity contribution < 1.29 is 24.5 Å². The van der Waals surface area contributed by atoms with E-state index in [1.54, 1.807) is 12.0 Å². The number of carbonyl (C=O) groups excluding carboxylic acids is 1. The molecule has 1 heterocycles. The van der Waals surface area contributed by atoms with Crippen LogP contribution in [0.1, 0.15) is 16.8 Å². The number of hydrogen-bond donors (Lipinski definition) is 3. The van der Waals surface area contributed by atoms with Crippen molar-refractivity contribution in [3.63, 3.8) is 0 Å². The second-order valence-corrected chi connectivity index (χ2v) is 4.56. The van der Waals surface area contributed by atoms with E-state index in [-0.39, 0.29) is 29.1 Å². The minimum absolute atomic E-state index is 0.0134. The van der Waals surface area contributed by atoms with Crippen molar-refractivity contribution in [1.82, 2.24) is 4.90 Å². The van der Waals surface area contributed by atoms with Crippen LogP contribution >= 0.6 is 0 Å². The van der Waals surface area contributed by atoms with Crippen molar-refractivity contribution in [1.29, 1.82) is 0 Å². The van der Waals surface area contributed by atoms with Crippen LogP contribution in [0, 0.1) is 0 Å². The average molecular weight is 280 g/mol. The molecule has 0 radical (unpaired) electrons. The summed E-state index contributed by atoms with van der Waals surface area (Å²) in [4.78, 5) is 24.7. The zero-order chi connectivity index (χ0) is 14.7. The summed E-state index contributed by atoms with van der Waals surface area (Å²) < 4.78 is 5.17. The van der Waals surface area contributed by atoms with Gasteiger partial charge >= 0.3 is 12.0 Å². The molecule has 0 aliphatic carbocycles. The molecule has 0 saturated carbocycles. The average Bonchev–Trinajstić information content (AvgIpc) is 2.89. The number of ether oxygens (including phenoxy) is 1. The van der Waals surface area contributed by atoms with Gasteiger partial charge in [-0.05, 0) is 24.6 Å². The quantitative estimate of drug-likeness (QED) is 0.726. The number of carbonyl (C=O) groups is 2. The molecule has 7 nitrogen and oxygen atoms in total. The van der Waals surface area contributed by atoms with Gasteiger partial charge in [-0.25, -0.2) is 9.59 Å². The van der Waals surface area contributed by atoms with E-state index >= 15 is 0 Å². The lowest BCUT2D eigenvalue weighted by Crippen LogP contribution is -2.34. The molecular formula is C13H16N2O5. The summed E-state index contributed by atoms with van der Waals surface area (Å²) in [6.45, 7) is 1.04. The summed E-state index contributed by atoms with van der Waals surface area (Å²) in [6.07, 6.45) is 0.769. The zero-order valence-corrected chi connectivity index (χ0v) is 11.0. The van der Waals surface area contributed by atoms with E-state index in [4.69, 9.17) is 9.84 Å². The third kappa shape index (κ3) is 3.00. The van der Waals surface area contributed by atoms with Crippen LogP contribution in [-0.2, 0) is 4.74 Å². The number of anilines is 1. The topological polar surface area (TPSA) is 99.1 Å². The molecule has 2 rings (SSSR count). The number of aromatic hydroxyl groups is 1. The van der Waals surface area contributed by atoms with Gasteiger partial charge < -0.3 is 25.2 Å². The highest BCUT2D eigenvalue weighted by Gasteiger charge is 2.26. The predicted molar refractivity (Wildman–Crippen MR) is 71.1 cm³/mol. The molecule has 1 aromatic carbocycles. The number of carboxylic acids is 1. The monoisotopic (exact) mass is 280 g/mol. The Hall–Kier alpha value is -2.28. The first-order valence-electron chi connectivity index (χ1n) is 6.16. The van der Waals surface area contributed by atoms with E-state index in [2.05, 4.69) is 5.32 Å². The first kappa shape index (κ1) is 14.1. The fourth-order valence-corrected chi connectivity index (χ4v) is 2.12. The summed E-state index contributed by atoms with van der Waals surface area (Å²) in [5.41, 5.74) is 0.00186. The molecule has 1 aliphatic rings. The molecular weight excluding hydrogens is 264 g/mol. The second kappa shape index (κ2) is 5.79. The summed E-state index contributed by atoms with van der Waals surface area (Å²) >= 11 is 0. The first-order chi connectivity index (χ1) is 9.51. The third-order valence-electron chi connectivity index (χ3n) is 3.24. The highest BCUT2D eigenvalue weighted by molar-refractivity contribution is 6.00. The number of amides is 2. The molecule has 1 saturated heterocycles. The Morgan fingerprint density at radius 3 is 2.80 bits per heavy atom. The summed E-state index contributed by atoms with van der Waals surface area (Å²) in [6, 6.07) is 3.41. The van der Waals surface area contributed by atoms with Crippen LogP contribution in [0.2, 0.25) is 0 Å². The van der Waals surface area contributed by atoms with Gasteiger partial charge in [0.25, 0.3) is 0 Å². The first-order valence-corrected chi connectivity index (χ1v) is 6.16. The van der Waals surface area contributed by atoms with Crippen molar-refractivity contribution in [2.75, 3.05) is 25.5 Å². The highest BCUT2D eigenvalue weighted by Crippen LogP contribution is 2.22. The molecule has 1 aromatic rings. The standard InChI is InChI=1S/C13H16N2O5/c1-20-9-4-5-15(7-9)13(19)14-11-3-2-8(16)6-10(11)12(17)18/h2-3,6,9,16H,4-5,7H2,1H3,(H,14,19)(H,17,18). The molecule has 0 bridgehead atoms. The Morgan fingerprint density at radius 2 is 2.20 bits per heavy atom. The lowest BCUT2D eigenvalue weighted by molar-refractivity contribution is 0.0697. The van der Waals surface area contributed by atoms with Gasteiger partial charge in [-0.3, -0.25) is 0 Å². The summed E-state index contributed by atoms with van der Waals surface area (Å²) in [5.74, 6) is -1.38. The largest absolute Gasteiger partial charge is 0.508 e. The maximum absolute atomic E-state index is 12.0. The molecule has 2 amide bonds. The van der Waals surface area contributed by atoms with Crippen LogP contribution in [-0.4, -0.2) is 53.4 Å². The molecule has 1 fully saturated rings. The van der Waals surface area contributed by atoms with E-state index in [1.807, 2.05) is 0 Å². The van der Waals surface area contributed by atoms with Gasteiger partial charge in [-0.2, -0.15) is 0 Å². The molecule has 3 N–H and O–H groups in total. The van der Waals surface area contributed by atoms with E-state index in [0.29, 0.717) is 13.1 Å². The number of hydrogen-bond acceptors (Lipinski definition) is 4. The van der Waals surface area contributed by atoms with Crippen molar-refractivity contribution in [2.45, 2.75) is 12.5 Å². The van der Waals surface area contributed by atoms with Crippen molar-refractivity contribution in [3.05, 3.63) is 23.8 Å². The Morgan fingerprint density at radius 1 is 1.45 bits per heavy atom. The lowest BCUT2D eigenvalue weighted by Gasteiger charge is -2.18.